The Bertz CT molecular complexity index is 998. The van der Waals surface area contributed by atoms with E-state index in [1.807, 2.05) is 9.80 Å². The minimum absolute atomic E-state index is 0.231. The summed E-state index contributed by atoms with van der Waals surface area (Å²) in [5.74, 6) is 0. The fourth-order valence-corrected chi connectivity index (χ4v) is 4.65. The topological polar surface area (TPSA) is 116 Å². The highest BCUT2D eigenvalue weighted by atomic mass is 19.4. The number of nitrogens with one attached hydrogen (secondary N) is 1. The number of nitrogens with zero attached hydrogens (tertiary/aromatic N) is 4. The Hall–Kier alpha value is -2.06. The number of alkyl halides is 3. The molecule has 0 aliphatic rings. The SMILES string of the molecule is CC(O)CNCCN(CCN(CC(C)O)CC(C)O)CCN(CC(C)O)c1ccnc2cc(C(F)(F)F)ccc12. The first-order valence-corrected chi connectivity index (χ1v) is 13.8. The lowest BCUT2D eigenvalue weighted by molar-refractivity contribution is -0.137. The third-order valence-electron chi connectivity index (χ3n) is 6.38. The van der Waals surface area contributed by atoms with E-state index in [1.54, 1.807) is 33.8 Å². The van der Waals surface area contributed by atoms with Gasteiger partial charge in [-0.2, -0.15) is 13.2 Å². The number of hydrogen-bond acceptors (Lipinski definition) is 9. The van der Waals surface area contributed by atoms with E-state index in [0.29, 0.717) is 70.0 Å². The molecular formula is C28H46F3N5O4. The highest BCUT2D eigenvalue weighted by molar-refractivity contribution is 5.92. The van der Waals surface area contributed by atoms with E-state index in [9.17, 15) is 33.6 Å². The molecule has 2 rings (SSSR count). The summed E-state index contributed by atoms with van der Waals surface area (Å²) >= 11 is 0. The Labute approximate surface area is 235 Å². The molecule has 0 aliphatic carbocycles. The molecule has 0 spiro atoms. The summed E-state index contributed by atoms with van der Waals surface area (Å²) in [4.78, 5) is 10.3. The number of halogens is 3. The number of aromatic nitrogens is 1. The van der Waals surface area contributed by atoms with Gasteiger partial charge in [-0.3, -0.25) is 14.8 Å². The zero-order valence-electron chi connectivity index (χ0n) is 24.0. The van der Waals surface area contributed by atoms with Crippen LogP contribution in [-0.2, 0) is 6.18 Å². The van der Waals surface area contributed by atoms with Crippen LogP contribution in [0.2, 0.25) is 0 Å². The molecule has 1 aromatic carbocycles. The van der Waals surface area contributed by atoms with Crippen LogP contribution in [0.5, 0.6) is 0 Å². The normalized spacial score (nSPS) is 15.5. The molecule has 12 heteroatoms. The molecule has 2 aromatic rings. The van der Waals surface area contributed by atoms with Gasteiger partial charge in [0.05, 0.1) is 35.5 Å². The molecular weight excluding hydrogens is 527 g/mol. The molecule has 0 amide bonds. The summed E-state index contributed by atoms with van der Waals surface area (Å²) in [6, 6.07) is 5.27. The minimum atomic E-state index is -4.47. The van der Waals surface area contributed by atoms with Crippen molar-refractivity contribution in [3.8, 4) is 0 Å². The lowest BCUT2D eigenvalue weighted by atomic mass is 10.1. The molecule has 4 atom stereocenters. The molecule has 0 fully saturated rings. The number of anilines is 1. The van der Waals surface area contributed by atoms with Gasteiger partial charge in [0.25, 0.3) is 0 Å². The van der Waals surface area contributed by atoms with Crippen LogP contribution in [0.15, 0.2) is 30.5 Å². The quantitative estimate of drug-likeness (QED) is 0.170. The maximum Gasteiger partial charge on any atom is 0.416 e. The molecule has 0 saturated carbocycles. The average Bonchev–Trinajstić information content (AvgIpc) is 2.84. The van der Waals surface area contributed by atoms with Gasteiger partial charge < -0.3 is 30.6 Å². The van der Waals surface area contributed by atoms with Crippen molar-refractivity contribution in [1.82, 2.24) is 20.1 Å². The van der Waals surface area contributed by atoms with Gasteiger partial charge in [0.15, 0.2) is 0 Å². The van der Waals surface area contributed by atoms with Crippen LogP contribution in [0.3, 0.4) is 0 Å². The number of aliphatic hydroxyl groups excluding tert-OH is 4. The van der Waals surface area contributed by atoms with E-state index >= 15 is 0 Å². The van der Waals surface area contributed by atoms with E-state index in [-0.39, 0.29) is 12.1 Å². The van der Waals surface area contributed by atoms with Crippen LogP contribution < -0.4 is 10.2 Å². The van der Waals surface area contributed by atoms with E-state index < -0.39 is 36.2 Å². The Morgan fingerprint density at radius 3 is 1.95 bits per heavy atom. The van der Waals surface area contributed by atoms with Gasteiger partial charge in [-0.15, -0.1) is 0 Å². The first-order chi connectivity index (χ1) is 18.8. The predicted octanol–water partition coefficient (Wildman–Crippen LogP) is 1.78. The second-order valence-electron chi connectivity index (χ2n) is 10.7. The van der Waals surface area contributed by atoms with Gasteiger partial charge in [0.2, 0.25) is 0 Å². The summed E-state index contributed by atoms with van der Waals surface area (Å²) in [6.07, 6.45) is -5.22. The fraction of sp³-hybridized carbons (Fsp3) is 0.679. The van der Waals surface area contributed by atoms with Crippen LogP contribution >= 0.6 is 0 Å². The van der Waals surface area contributed by atoms with Crippen molar-refractivity contribution < 1.29 is 33.6 Å². The molecule has 1 heterocycles. The second-order valence-corrected chi connectivity index (χ2v) is 10.7. The molecule has 9 nitrogen and oxygen atoms in total. The van der Waals surface area contributed by atoms with Crippen molar-refractivity contribution in [3.63, 3.8) is 0 Å². The monoisotopic (exact) mass is 573 g/mol. The average molecular weight is 574 g/mol. The van der Waals surface area contributed by atoms with Gasteiger partial charge in [-0.1, -0.05) is 6.07 Å². The third kappa shape index (κ3) is 12.2. The molecule has 0 aliphatic heterocycles. The fourth-order valence-electron chi connectivity index (χ4n) is 4.65. The molecule has 0 radical (unpaired) electrons. The van der Waals surface area contributed by atoms with Gasteiger partial charge in [-0.25, -0.2) is 0 Å². The van der Waals surface area contributed by atoms with Crippen molar-refractivity contribution in [3.05, 3.63) is 36.0 Å². The number of rotatable bonds is 18. The summed E-state index contributed by atoms with van der Waals surface area (Å²) in [5, 5.41) is 43.4. The van der Waals surface area contributed by atoms with E-state index in [4.69, 9.17) is 0 Å². The predicted molar refractivity (Wildman–Crippen MR) is 151 cm³/mol. The van der Waals surface area contributed by atoms with Gasteiger partial charge in [0.1, 0.15) is 0 Å². The third-order valence-corrected chi connectivity index (χ3v) is 6.38. The second kappa shape index (κ2) is 16.4. The number of hydrogen-bond donors (Lipinski definition) is 5. The van der Waals surface area contributed by atoms with E-state index in [1.165, 1.54) is 12.3 Å². The first kappa shape index (κ1) is 34.1. The number of fused-ring (bicyclic) bond motifs is 1. The van der Waals surface area contributed by atoms with Crippen molar-refractivity contribution in [2.75, 3.05) is 70.3 Å². The van der Waals surface area contributed by atoms with Crippen LogP contribution in [-0.4, -0.2) is 125 Å². The van der Waals surface area contributed by atoms with Gasteiger partial charge in [-0.05, 0) is 45.9 Å². The maximum atomic E-state index is 13.3. The molecule has 40 heavy (non-hydrogen) atoms. The van der Waals surface area contributed by atoms with E-state index in [0.717, 1.165) is 12.1 Å². The highest BCUT2D eigenvalue weighted by Gasteiger charge is 2.31. The summed E-state index contributed by atoms with van der Waals surface area (Å²) in [7, 11) is 0. The van der Waals surface area contributed by atoms with Crippen LogP contribution in [0.4, 0.5) is 18.9 Å². The Kier molecular flexibility index (Phi) is 14.0. The molecule has 1 aromatic heterocycles. The van der Waals surface area contributed by atoms with Crippen LogP contribution in [0.25, 0.3) is 10.9 Å². The number of aliphatic hydroxyl groups is 4. The zero-order valence-corrected chi connectivity index (χ0v) is 24.0. The Balaban J connectivity index is 2.23. The van der Waals surface area contributed by atoms with Crippen molar-refractivity contribution in [2.24, 2.45) is 0 Å². The molecule has 0 saturated heterocycles. The van der Waals surface area contributed by atoms with Crippen molar-refractivity contribution in [2.45, 2.75) is 58.3 Å². The van der Waals surface area contributed by atoms with Crippen LogP contribution in [0.1, 0.15) is 33.3 Å². The molecule has 4 unspecified atom stereocenters. The Morgan fingerprint density at radius 1 is 0.775 bits per heavy atom. The lowest BCUT2D eigenvalue weighted by Crippen LogP contribution is -2.46. The maximum absolute atomic E-state index is 13.3. The van der Waals surface area contributed by atoms with Crippen molar-refractivity contribution >= 4 is 16.6 Å². The summed E-state index contributed by atoms with van der Waals surface area (Å²) in [5.41, 5.74) is 0.159. The molecule has 228 valence electrons. The molecule has 5 N–H and O–H groups in total. The first-order valence-electron chi connectivity index (χ1n) is 13.8. The smallest absolute Gasteiger partial charge is 0.392 e. The standard InChI is InChI=1S/C28H46F3N5O4/c1-20(37)16-32-9-10-34(11-12-35(17-21(2)38)18-22(3)39)13-14-36(19-23(4)40)27-7-8-33-26-15-24(28(29,30)31)5-6-25(26)27/h5-8,15,20-23,32,37-40H,9-14,16-19H2,1-4H3. The summed E-state index contributed by atoms with van der Waals surface area (Å²) in [6.45, 7) is 12.0. The highest BCUT2D eigenvalue weighted by Crippen LogP contribution is 2.33. The Morgan fingerprint density at radius 2 is 1.38 bits per heavy atom. The number of benzene rings is 1. The van der Waals surface area contributed by atoms with E-state index in [2.05, 4.69) is 15.2 Å². The largest absolute Gasteiger partial charge is 0.416 e. The lowest BCUT2D eigenvalue weighted by Gasteiger charge is -2.32. The summed E-state index contributed by atoms with van der Waals surface area (Å²) < 4.78 is 39.8. The van der Waals surface area contributed by atoms with Gasteiger partial charge in [0, 0.05) is 82.7 Å². The van der Waals surface area contributed by atoms with Crippen molar-refractivity contribution in [1.29, 1.82) is 0 Å². The number of pyridine rings is 1. The van der Waals surface area contributed by atoms with Crippen LogP contribution in [0, 0.1) is 0 Å². The van der Waals surface area contributed by atoms with Gasteiger partial charge >= 0.3 is 6.18 Å². The minimum Gasteiger partial charge on any atom is -0.392 e. The zero-order chi connectivity index (χ0) is 29.9. The molecule has 0 bridgehead atoms.